The Morgan fingerprint density at radius 1 is 1.28 bits per heavy atom. The lowest BCUT2D eigenvalue weighted by molar-refractivity contribution is 0.102. The van der Waals surface area contributed by atoms with Crippen LogP contribution in [0.3, 0.4) is 0 Å². The molecule has 0 aliphatic carbocycles. The van der Waals surface area contributed by atoms with E-state index in [4.69, 9.17) is 0 Å². The normalized spacial score (nSPS) is 14.9. The summed E-state index contributed by atoms with van der Waals surface area (Å²) in [4.78, 5) is 19.0. The van der Waals surface area contributed by atoms with Crippen LogP contribution in [-0.2, 0) is 10.0 Å². The van der Waals surface area contributed by atoms with Gasteiger partial charge in [-0.05, 0) is 31.0 Å². The van der Waals surface area contributed by atoms with Crippen molar-refractivity contribution in [2.75, 3.05) is 37.4 Å². The van der Waals surface area contributed by atoms with Crippen molar-refractivity contribution in [1.29, 1.82) is 0 Å². The van der Waals surface area contributed by atoms with Gasteiger partial charge in [0.15, 0.2) is 5.13 Å². The third kappa shape index (κ3) is 3.68. The van der Waals surface area contributed by atoms with E-state index in [0.717, 1.165) is 35.9 Å². The summed E-state index contributed by atoms with van der Waals surface area (Å²) in [6.07, 6.45) is 3.73. The molecule has 1 N–H and O–H groups in total. The van der Waals surface area contributed by atoms with Crippen LogP contribution in [0.4, 0.5) is 10.8 Å². The molecule has 25 heavy (non-hydrogen) atoms. The van der Waals surface area contributed by atoms with Crippen LogP contribution in [0.1, 0.15) is 23.2 Å². The Kier molecular flexibility index (Phi) is 5.07. The van der Waals surface area contributed by atoms with Crippen LogP contribution >= 0.6 is 11.3 Å². The van der Waals surface area contributed by atoms with Crippen LogP contribution in [-0.4, -0.2) is 50.8 Å². The van der Waals surface area contributed by atoms with E-state index in [2.05, 4.69) is 15.2 Å². The van der Waals surface area contributed by atoms with E-state index >= 15 is 0 Å². The van der Waals surface area contributed by atoms with Gasteiger partial charge >= 0.3 is 0 Å². The summed E-state index contributed by atoms with van der Waals surface area (Å²) in [5.74, 6) is -0.354. The standard InChI is InChI=1S/C16H20N4O3S2/c1-19(2)25(22,23)12-5-6-14(20-8-3-4-9-20)13(11-12)15(21)18-16-17-7-10-24-16/h5-7,10-11H,3-4,8-9H2,1-2H3,(H,17,18,21). The number of carbonyl (C=O) groups excluding carboxylic acids is 1. The summed E-state index contributed by atoms with van der Waals surface area (Å²) in [5, 5.41) is 5.00. The Hall–Kier alpha value is -1.97. The molecule has 0 radical (unpaired) electrons. The zero-order valence-corrected chi connectivity index (χ0v) is 15.7. The molecule has 7 nitrogen and oxygen atoms in total. The van der Waals surface area contributed by atoms with Gasteiger partial charge in [0.25, 0.3) is 5.91 Å². The topological polar surface area (TPSA) is 82.6 Å². The monoisotopic (exact) mass is 380 g/mol. The molecule has 2 heterocycles. The second-order valence-electron chi connectivity index (χ2n) is 5.95. The predicted octanol–water partition coefficient (Wildman–Crippen LogP) is 2.25. The van der Waals surface area contributed by atoms with E-state index in [-0.39, 0.29) is 10.8 Å². The second kappa shape index (κ2) is 7.11. The van der Waals surface area contributed by atoms with Gasteiger partial charge in [0.2, 0.25) is 10.0 Å². The van der Waals surface area contributed by atoms with Crippen molar-refractivity contribution in [3.63, 3.8) is 0 Å². The van der Waals surface area contributed by atoms with E-state index in [1.807, 2.05) is 0 Å². The van der Waals surface area contributed by atoms with E-state index in [1.54, 1.807) is 23.7 Å². The number of aromatic nitrogens is 1. The second-order valence-corrected chi connectivity index (χ2v) is 9.00. The van der Waals surface area contributed by atoms with Gasteiger partial charge in [-0.1, -0.05) is 0 Å². The molecule has 0 bridgehead atoms. The number of nitrogens with one attached hydrogen (secondary N) is 1. The molecule has 1 amide bonds. The van der Waals surface area contributed by atoms with Gasteiger partial charge in [-0.3, -0.25) is 10.1 Å². The fourth-order valence-electron chi connectivity index (χ4n) is 2.75. The molecule has 1 saturated heterocycles. The zero-order chi connectivity index (χ0) is 18.0. The van der Waals surface area contributed by atoms with Crippen LogP contribution < -0.4 is 10.2 Å². The van der Waals surface area contributed by atoms with E-state index < -0.39 is 10.0 Å². The summed E-state index contributed by atoms with van der Waals surface area (Å²) < 4.78 is 26.0. The Bertz CT molecular complexity index is 858. The first-order chi connectivity index (χ1) is 11.9. The molecular formula is C16H20N4O3S2. The molecule has 1 aliphatic heterocycles. The highest BCUT2D eigenvalue weighted by atomic mass is 32.2. The number of thiazole rings is 1. The van der Waals surface area contributed by atoms with E-state index in [1.165, 1.54) is 31.5 Å². The average Bonchev–Trinajstić information content (AvgIpc) is 3.27. The summed E-state index contributed by atoms with van der Waals surface area (Å²) in [6, 6.07) is 4.73. The zero-order valence-electron chi connectivity index (χ0n) is 14.1. The van der Waals surface area contributed by atoms with Crippen LogP contribution in [0, 0.1) is 0 Å². The molecule has 1 aromatic carbocycles. The van der Waals surface area contributed by atoms with Crippen LogP contribution in [0.15, 0.2) is 34.7 Å². The SMILES string of the molecule is CN(C)S(=O)(=O)c1ccc(N2CCCC2)c(C(=O)Nc2nccs2)c1. The molecule has 2 aromatic rings. The van der Waals surface area contributed by atoms with Gasteiger partial charge < -0.3 is 4.90 Å². The predicted molar refractivity (Wildman–Crippen MR) is 98.8 cm³/mol. The molecule has 3 rings (SSSR count). The van der Waals surface area contributed by atoms with E-state index in [9.17, 15) is 13.2 Å². The van der Waals surface area contributed by atoms with Crippen LogP contribution in [0.5, 0.6) is 0 Å². The summed E-state index contributed by atoms with van der Waals surface area (Å²) in [6.45, 7) is 1.72. The maximum Gasteiger partial charge on any atom is 0.259 e. The van der Waals surface area contributed by atoms with Gasteiger partial charge in [0.1, 0.15) is 0 Å². The molecule has 1 aromatic heterocycles. The highest BCUT2D eigenvalue weighted by Gasteiger charge is 2.24. The molecule has 9 heteroatoms. The molecule has 134 valence electrons. The first-order valence-corrected chi connectivity index (χ1v) is 10.2. The van der Waals surface area contributed by atoms with Crippen molar-refractivity contribution >= 4 is 38.1 Å². The fraction of sp³-hybridized carbons (Fsp3) is 0.375. The number of hydrogen-bond acceptors (Lipinski definition) is 6. The number of amides is 1. The van der Waals surface area contributed by atoms with Gasteiger partial charge in [0.05, 0.1) is 10.5 Å². The maximum atomic E-state index is 12.8. The highest BCUT2D eigenvalue weighted by Crippen LogP contribution is 2.29. The van der Waals surface area contributed by atoms with Gasteiger partial charge in [-0.2, -0.15) is 0 Å². The minimum Gasteiger partial charge on any atom is -0.371 e. The number of nitrogens with zero attached hydrogens (tertiary/aromatic N) is 3. The average molecular weight is 380 g/mol. The molecule has 1 fully saturated rings. The van der Waals surface area contributed by atoms with Gasteiger partial charge in [-0.25, -0.2) is 17.7 Å². The number of sulfonamides is 1. The molecule has 0 unspecified atom stereocenters. The Morgan fingerprint density at radius 3 is 2.60 bits per heavy atom. The number of hydrogen-bond donors (Lipinski definition) is 1. The Labute approximate surface area is 151 Å². The molecule has 1 aliphatic rings. The number of carbonyl (C=O) groups is 1. The van der Waals surface area contributed by atoms with E-state index in [0.29, 0.717) is 10.7 Å². The van der Waals surface area contributed by atoms with Gasteiger partial charge in [-0.15, -0.1) is 11.3 Å². The molecule has 0 spiro atoms. The summed E-state index contributed by atoms with van der Waals surface area (Å²) in [5.41, 5.74) is 1.10. The first-order valence-electron chi connectivity index (χ1n) is 7.92. The molecular weight excluding hydrogens is 360 g/mol. The van der Waals surface area contributed by atoms with Crippen molar-refractivity contribution in [3.05, 3.63) is 35.3 Å². The third-order valence-corrected chi connectivity index (χ3v) is 6.59. The van der Waals surface area contributed by atoms with Crippen molar-refractivity contribution in [1.82, 2.24) is 9.29 Å². The molecule has 0 atom stereocenters. The van der Waals surface area contributed by atoms with Crippen molar-refractivity contribution in [2.45, 2.75) is 17.7 Å². The third-order valence-electron chi connectivity index (χ3n) is 4.09. The Morgan fingerprint density at radius 2 is 2.00 bits per heavy atom. The minimum absolute atomic E-state index is 0.102. The fourth-order valence-corrected chi connectivity index (χ4v) is 4.20. The Balaban J connectivity index is 2.02. The van der Waals surface area contributed by atoms with Crippen LogP contribution in [0.25, 0.3) is 0 Å². The minimum atomic E-state index is -3.61. The first kappa shape index (κ1) is 17.8. The molecule has 0 saturated carbocycles. The quantitative estimate of drug-likeness (QED) is 0.860. The lowest BCUT2D eigenvalue weighted by Gasteiger charge is -2.22. The van der Waals surface area contributed by atoms with Crippen molar-refractivity contribution < 1.29 is 13.2 Å². The van der Waals surface area contributed by atoms with Crippen molar-refractivity contribution in [3.8, 4) is 0 Å². The lowest BCUT2D eigenvalue weighted by atomic mass is 10.1. The largest absolute Gasteiger partial charge is 0.371 e. The number of rotatable bonds is 5. The maximum absolute atomic E-state index is 12.8. The number of benzene rings is 1. The van der Waals surface area contributed by atoms with Crippen LogP contribution in [0.2, 0.25) is 0 Å². The van der Waals surface area contributed by atoms with Crippen molar-refractivity contribution in [2.24, 2.45) is 0 Å². The summed E-state index contributed by atoms with van der Waals surface area (Å²) in [7, 11) is -0.671. The van der Waals surface area contributed by atoms with Gasteiger partial charge in [0, 0.05) is 44.4 Å². The summed E-state index contributed by atoms with van der Waals surface area (Å²) >= 11 is 1.32. The number of anilines is 2. The lowest BCUT2D eigenvalue weighted by Crippen LogP contribution is -2.25. The smallest absolute Gasteiger partial charge is 0.259 e. The highest BCUT2D eigenvalue weighted by molar-refractivity contribution is 7.89.